The van der Waals surface area contributed by atoms with Crippen molar-refractivity contribution >= 4 is 4.61 Å². The summed E-state index contributed by atoms with van der Waals surface area (Å²) < 4.78 is 1.54. The van der Waals surface area contributed by atoms with E-state index < -0.39 is 0 Å². The van der Waals surface area contributed by atoms with E-state index in [4.69, 9.17) is 5.84 Å². The molecular formula is CH5N3Pd. The molecule has 34 valence electrons. The number of hydrogen-bond acceptors (Lipinski definition) is 3. The minimum atomic E-state index is 1.54. The molecule has 0 unspecified atom stereocenters. The van der Waals surface area contributed by atoms with Crippen molar-refractivity contribution < 1.29 is 18.7 Å². The second-order valence-electron chi connectivity index (χ2n) is 0.380. The molecule has 0 amide bonds. The number of nitrogens with one attached hydrogen (secondary N) is 2. The summed E-state index contributed by atoms with van der Waals surface area (Å²) in [6.45, 7) is 0. The van der Waals surface area contributed by atoms with Gasteiger partial charge in [0.2, 0.25) is 0 Å². The second-order valence-corrected chi connectivity index (χ2v) is 0.829. The molecule has 0 aromatic heterocycles. The fraction of sp³-hybridized carbons (Fsp3) is 0. The van der Waals surface area contributed by atoms with Gasteiger partial charge < -0.3 is 0 Å². The van der Waals surface area contributed by atoms with Gasteiger partial charge in [-0.15, -0.1) is 0 Å². The van der Waals surface area contributed by atoms with Crippen LogP contribution in [0.1, 0.15) is 0 Å². The van der Waals surface area contributed by atoms with Crippen LogP contribution < -0.4 is 16.8 Å². The molecule has 0 aromatic rings. The van der Waals surface area contributed by atoms with Crippen molar-refractivity contribution in [3.63, 3.8) is 0 Å². The zero-order valence-corrected chi connectivity index (χ0v) is 4.03. The third-order valence-corrected chi connectivity index (χ3v) is 0.353. The van der Waals surface area contributed by atoms with E-state index in [0.717, 1.165) is 0 Å². The van der Waals surface area contributed by atoms with Gasteiger partial charge in [-0.05, 0) is 0 Å². The summed E-state index contributed by atoms with van der Waals surface area (Å²) in [5.74, 6) is 4.72. The van der Waals surface area contributed by atoms with Crippen LogP contribution in [0.3, 0.4) is 0 Å². The summed E-state index contributed by atoms with van der Waals surface area (Å²) in [5, 5.41) is 0. The van der Waals surface area contributed by atoms with Crippen LogP contribution >= 0.6 is 0 Å². The summed E-state index contributed by atoms with van der Waals surface area (Å²) in [5.41, 5.74) is 4.62. The Kier molecular flexibility index (Phi) is 4.78. The van der Waals surface area contributed by atoms with Crippen LogP contribution in [-0.2, 0) is 18.7 Å². The zero-order valence-electron chi connectivity index (χ0n) is 2.47. The van der Waals surface area contributed by atoms with Crippen molar-refractivity contribution in [1.29, 1.82) is 0 Å². The molecule has 0 aliphatic rings. The molecule has 0 radical (unpaired) electrons. The SMILES string of the molecule is NNN[CH]=[Pd]. The third-order valence-electron chi connectivity index (χ3n) is 0.129. The van der Waals surface area contributed by atoms with Gasteiger partial charge in [0.25, 0.3) is 0 Å². The van der Waals surface area contributed by atoms with E-state index >= 15 is 0 Å². The first-order valence-electron chi connectivity index (χ1n) is 1.01. The molecule has 3 nitrogen and oxygen atoms in total. The number of nitrogens with two attached hydrogens (primary N) is 1. The average Bonchev–Trinajstić information content (AvgIpc) is 1.41. The Bertz CT molecular complexity index is 28.1. The Morgan fingerprint density at radius 1 is 1.80 bits per heavy atom. The van der Waals surface area contributed by atoms with E-state index in [-0.39, 0.29) is 0 Å². The van der Waals surface area contributed by atoms with Crippen LogP contribution in [-0.4, -0.2) is 4.61 Å². The molecule has 0 fully saturated rings. The van der Waals surface area contributed by atoms with Gasteiger partial charge in [-0.3, -0.25) is 0 Å². The molecule has 0 rings (SSSR count). The number of rotatable bonds is 2. The Morgan fingerprint density at radius 3 is 2.40 bits per heavy atom. The van der Waals surface area contributed by atoms with E-state index in [1.54, 1.807) is 4.61 Å². The van der Waals surface area contributed by atoms with E-state index in [1.807, 2.05) is 0 Å². The molecule has 0 aliphatic heterocycles. The molecule has 0 bridgehead atoms. The van der Waals surface area contributed by atoms with E-state index in [0.29, 0.717) is 0 Å². The van der Waals surface area contributed by atoms with Crippen molar-refractivity contribution in [3.05, 3.63) is 0 Å². The number of hydrogen-bond donors (Lipinski definition) is 3. The fourth-order valence-corrected chi connectivity index (χ4v) is 0.156. The monoisotopic (exact) mass is 165 g/mol. The molecule has 4 N–H and O–H groups in total. The van der Waals surface area contributed by atoms with E-state index in [9.17, 15) is 0 Å². The summed E-state index contributed by atoms with van der Waals surface area (Å²) in [7, 11) is 0. The average molecular weight is 165 g/mol. The maximum absolute atomic E-state index is 4.72. The first-order valence-corrected chi connectivity index (χ1v) is 1.91. The summed E-state index contributed by atoms with van der Waals surface area (Å²) in [6, 6.07) is 0. The summed E-state index contributed by atoms with van der Waals surface area (Å²) in [4.78, 5) is 0. The molecule has 0 atom stereocenters. The first kappa shape index (κ1) is 5.41. The normalized spacial score (nSPS) is 7.80. The Balaban J connectivity index is 2.40. The minimum absolute atomic E-state index is 1.54. The van der Waals surface area contributed by atoms with Crippen molar-refractivity contribution in [2.24, 2.45) is 5.84 Å². The predicted molar refractivity (Wildman–Crippen MR) is 16.5 cm³/mol. The molecular weight excluding hydrogens is 160 g/mol. The van der Waals surface area contributed by atoms with Gasteiger partial charge in [-0.2, -0.15) is 0 Å². The van der Waals surface area contributed by atoms with Crippen LogP contribution in [0.2, 0.25) is 0 Å². The molecule has 0 saturated carbocycles. The molecule has 0 saturated heterocycles. The summed E-state index contributed by atoms with van der Waals surface area (Å²) in [6.07, 6.45) is 0. The fourth-order valence-electron chi connectivity index (χ4n) is 0.0264. The van der Waals surface area contributed by atoms with Gasteiger partial charge in [-0.25, -0.2) is 0 Å². The third kappa shape index (κ3) is 4.41. The van der Waals surface area contributed by atoms with Crippen LogP contribution in [0.5, 0.6) is 0 Å². The van der Waals surface area contributed by atoms with Gasteiger partial charge in [-0.1, -0.05) is 0 Å². The van der Waals surface area contributed by atoms with Gasteiger partial charge in [0, 0.05) is 0 Å². The maximum atomic E-state index is 4.72. The van der Waals surface area contributed by atoms with Gasteiger partial charge >= 0.3 is 40.2 Å². The molecule has 0 aromatic carbocycles. The van der Waals surface area contributed by atoms with Crippen molar-refractivity contribution in [2.45, 2.75) is 0 Å². The molecule has 0 heterocycles. The van der Waals surface area contributed by atoms with Crippen LogP contribution in [0, 0.1) is 0 Å². The zero-order chi connectivity index (χ0) is 4.12. The Labute approximate surface area is 40.8 Å². The van der Waals surface area contributed by atoms with Gasteiger partial charge in [0.15, 0.2) is 0 Å². The molecule has 5 heavy (non-hydrogen) atoms. The standard InChI is InChI=1S/CH5N3.Pd/c1-3-4-2;/h1,3-4H,2H2;. The Hall–Kier alpha value is 0.412. The van der Waals surface area contributed by atoms with Crippen LogP contribution in [0.15, 0.2) is 0 Å². The Morgan fingerprint density at radius 2 is 2.40 bits per heavy atom. The van der Waals surface area contributed by atoms with Crippen molar-refractivity contribution in [2.75, 3.05) is 0 Å². The van der Waals surface area contributed by atoms with Gasteiger partial charge in [0.1, 0.15) is 0 Å². The summed E-state index contributed by atoms with van der Waals surface area (Å²) >= 11 is 2.71. The van der Waals surface area contributed by atoms with E-state index in [2.05, 4.69) is 29.7 Å². The quantitative estimate of drug-likeness (QED) is 0.259. The van der Waals surface area contributed by atoms with Crippen molar-refractivity contribution in [3.8, 4) is 0 Å². The predicted octanol–water partition coefficient (Wildman–Crippen LogP) is -1.74. The van der Waals surface area contributed by atoms with E-state index in [1.165, 1.54) is 0 Å². The number of hydrazine groups is 2. The first-order chi connectivity index (χ1) is 2.41. The molecule has 0 aliphatic carbocycles. The molecule has 4 heteroatoms. The molecule has 0 spiro atoms. The van der Waals surface area contributed by atoms with Gasteiger partial charge in [0.05, 0.1) is 0 Å². The van der Waals surface area contributed by atoms with Crippen LogP contribution in [0.25, 0.3) is 0 Å². The topological polar surface area (TPSA) is 50.1 Å². The second kappa shape index (κ2) is 4.41. The van der Waals surface area contributed by atoms with Crippen LogP contribution in [0.4, 0.5) is 0 Å². The van der Waals surface area contributed by atoms with Crippen molar-refractivity contribution in [1.82, 2.24) is 11.0 Å².